The first-order valence-corrected chi connectivity index (χ1v) is 9.92. The molecular weight excluding hydrogens is 352 g/mol. The van der Waals surface area contributed by atoms with Gasteiger partial charge in [-0.1, -0.05) is 13.0 Å². The molecule has 2 N–H and O–H groups in total. The standard InChI is InChI=1S/C19H24N2O4S/c1-5-19(22)20-17-12-16(9-10-18(17)25-6-2)26(23,24)21-15-8-7-13(3)14(4)11-15/h7-12,21H,5-6H2,1-4H3,(H,20,22). The third-order valence-corrected chi connectivity index (χ3v) is 5.29. The molecule has 1 amide bonds. The Hall–Kier alpha value is -2.54. The highest BCUT2D eigenvalue weighted by atomic mass is 32.2. The Morgan fingerprint density at radius 2 is 1.77 bits per heavy atom. The summed E-state index contributed by atoms with van der Waals surface area (Å²) < 4.78 is 33.5. The second-order valence-corrected chi connectivity index (χ2v) is 7.58. The van der Waals surface area contributed by atoms with Crippen LogP contribution in [0.2, 0.25) is 0 Å². The highest BCUT2D eigenvalue weighted by Crippen LogP contribution is 2.29. The van der Waals surface area contributed by atoms with Crippen molar-refractivity contribution in [1.82, 2.24) is 0 Å². The third-order valence-electron chi connectivity index (χ3n) is 3.92. The first-order chi connectivity index (χ1) is 12.3. The minimum atomic E-state index is -3.80. The van der Waals surface area contributed by atoms with Crippen LogP contribution in [0, 0.1) is 13.8 Å². The van der Waals surface area contributed by atoms with Crippen LogP contribution in [0.3, 0.4) is 0 Å². The number of benzene rings is 2. The van der Waals surface area contributed by atoms with Crippen molar-refractivity contribution < 1.29 is 17.9 Å². The summed E-state index contributed by atoms with van der Waals surface area (Å²) in [4.78, 5) is 11.8. The van der Waals surface area contributed by atoms with E-state index in [4.69, 9.17) is 4.74 Å². The van der Waals surface area contributed by atoms with Gasteiger partial charge < -0.3 is 10.1 Å². The molecule has 0 radical (unpaired) electrons. The molecule has 0 atom stereocenters. The molecule has 2 aromatic rings. The number of aryl methyl sites for hydroxylation is 2. The Morgan fingerprint density at radius 1 is 1.04 bits per heavy atom. The van der Waals surface area contributed by atoms with Crippen LogP contribution in [0.5, 0.6) is 5.75 Å². The molecule has 26 heavy (non-hydrogen) atoms. The SMILES string of the molecule is CCOc1ccc(S(=O)(=O)Nc2ccc(C)c(C)c2)cc1NC(=O)CC. The van der Waals surface area contributed by atoms with Crippen molar-refractivity contribution >= 4 is 27.3 Å². The molecule has 6 nitrogen and oxygen atoms in total. The summed E-state index contributed by atoms with van der Waals surface area (Å²) in [5.41, 5.74) is 2.90. The molecule has 0 saturated heterocycles. The van der Waals surface area contributed by atoms with Crippen LogP contribution in [0.4, 0.5) is 11.4 Å². The van der Waals surface area contributed by atoms with Gasteiger partial charge in [0.25, 0.3) is 10.0 Å². The van der Waals surface area contributed by atoms with Crippen molar-refractivity contribution in [3.05, 3.63) is 47.5 Å². The first-order valence-electron chi connectivity index (χ1n) is 8.43. The Bertz CT molecular complexity index is 908. The van der Waals surface area contributed by atoms with Crippen LogP contribution in [0.1, 0.15) is 31.4 Å². The van der Waals surface area contributed by atoms with Gasteiger partial charge in [-0.25, -0.2) is 8.42 Å². The maximum Gasteiger partial charge on any atom is 0.261 e. The Kier molecular flexibility index (Phi) is 6.26. The number of nitrogens with one attached hydrogen (secondary N) is 2. The molecule has 2 aromatic carbocycles. The number of hydrogen-bond acceptors (Lipinski definition) is 4. The van der Waals surface area contributed by atoms with Gasteiger partial charge in [0, 0.05) is 12.1 Å². The van der Waals surface area contributed by atoms with Crippen molar-refractivity contribution in [3.63, 3.8) is 0 Å². The molecule has 2 rings (SSSR count). The number of carbonyl (C=O) groups excluding carboxylic acids is 1. The lowest BCUT2D eigenvalue weighted by atomic mass is 10.1. The van der Waals surface area contributed by atoms with Crippen molar-refractivity contribution in [2.45, 2.75) is 39.0 Å². The normalized spacial score (nSPS) is 11.1. The van der Waals surface area contributed by atoms with Gasteiger partial charge in [0.1, 0.15) is 5.75 Å². The van der Waals surface area contributed by atoms with Gasteiger partial charge in [-0.2, -0.15) is 0 Å². The Labute approximate surface area is 154 Å². The minimum absolute atomic E-state index is 0.0468. The van der Waals surface area contributed by atoms with E-state index in [9.17, 15) is 13.2 Å². The van der Waals surface area contributed by atoms with Gasteiger partial charge in [0.05, 0.1) is 17.2 Å². The van der Waals surface area contributed by atoms with E-state index in [1.165, 1.54) is 12.1 Å². The number of ether oxygens (including phenoxy) is 1. The van der Waals surface area contributed by atoms with E-state index < -0.39 is 10.0 Å². The quantitative estimate of drug-likeness (QED) is 0.769. The number of anilines is 2. The van der Waals surface area contributed by atoms with E-state index in [1.807, 2.05) is 26.8 Å². The highest BCUT2D eigenvalue weighted by Gasteiger charge is 2.18. The number of amides is 1. The molecule has 0 spiro atoms. The molecule has 7 heteroatoms. The van der Waals surface area contributed by atoms with Crippen LogP contribution < -0.4 is 14.8 Å². The second-order valence-electron chi connectivity index (χ2n) is 5.90. The fourth-order valence-corrected chi connectivity index (χ4v) is 3.39. The van der Waals surface area contributed by atoms with Crippen LogP contribution in [-0.4, -0.2) is 20.9 Å². The lowest BCUT2D eigenvalue weighted by Crippen LogP contribution is -2.15. The zero-order valence-electron chi connectivity index (χ0n) is 15.4. The molecule has 0 bridgehead atoms. The Morgan fingerprint density at radius 3 is 2.38 bits per heavy atom. The molecule has 140 valence electrons. The van der Waals surface area contributed by atoms with Gasteiger partial charge in [-0.05, 0) is 62.2 Å². The number of carbonyl (C=O) groups is 1. The summed E-state index contributed by atoms with van der Waals surface area (Å²) in [6.07, 6.45) is 0.281. The summed E-state index contributed by atoms with van der Waals surface area (Å²) in [5.74, 6) is 0.210. The van der Waals surface area contributed by atoms with Gasteiger partial charge in [-0.15, -0.1) is 0 Å². The van der Waals surface area contributed by atoms with Crippen molar-refractivity contribution in [2.24, 2.45) is 0 Å². The predicted octanol–water partition coefficient (Wildman–Crippen LogP) is 3.85. The van der Waals surface area contributed by atoms with Crippen LogP contribution in [0.25, 0.3) is 0 Å². The highest BCUT2D eigenvalue weighted by molar-refractivity contribution is 7.92. The number of hydrogen-bond donors (Lipinski definition) is 2. The number of sulfonamides is 1. The van der Waals surface area contributed by atoms with Crippen molar-refractivity contribution in [2.75, 3.05) is 16.6 Å². The van der Waals surface area contributed by atoms with Crippen LogP contribution in [-0.2, 0) is 14.8 Å². The minimum Gasteiger partial charge on any atom is -0.492 e. The fraction of sp³-hybridized carbons (Fsp3) is 0.316. The molecule has 0 heterocycles. The largest absolute Gasteiger partial charge is 0.492 e. The Balaban J connectivity index is 2.37. The van der Waals surface area contributed by atoms with E-state index in [2.05, 4.69) is 10.0 Å². The molecule has 0 aromatic heterocycles. The zero-order valence-corrected chi connectivity index (χ0v) is 16.2. The zero-order chi connectivity index (χ0) is 19.3. The molecule has 0 saturated carbocycles. The van der Waals surface area contributed by atoms with Gasteiger partial charge in [0.2, 0.25) is 5.91 Å². The first kappa shape index (κ1) is 19.8. The maximum absolute atomic E-state index is 12.7. The summed E-state index contributed by atoms with van der Waals surface area (Å²) in [5, 5.41) is 2.68. The van der Waals surface area contributed by atoms with Gasteiger partial charge in [0.15, 0.2) is 0 Å². The fourth-order valence-electron chi connectivity index (χ4n) is 2.31. The molecule has 0 fully saturated rings. The average molecular weight is 376 g/mol. The van der Waals surface area contributed by atoms with Gasteiger partial charge >= 0.3 is 0 Å². The summed E-state index contributed by atoms with van der Waals surface area (Å²) in [7, 11) is -3.80. The van der Waals surface area contributed by atoms with E-state index in [0.29, 0.717) is 23.7 Å². The lowest BCUT2D eigenvalue weighted by molar-refractivity contribution is -0.115. The molecule has 0 aliphatic rings. The molecule has 0 aliphatic heterocycles. The topological polar surface area (TPSA) is 84.5 Å². The van der Waals surface area contributed by atoms with E-state index >= 15 is 0 Å². The van der Waals surface area contributed by atoms with E-state index in [-0.39, 0.29) is 17.2 Å². The smallest absolute Gasteiger partial charge is 0.261 e. The van der Waals surface area contributed by atoms with E-state index in [1.54, 1.807) is 25.1 Å². The van der Waals surface area contributed by atoms with Crippen LogP contribution >= 0.6 is 0 Å². The van der Waals surface area contributed by atoms with Crippen LogP contribution in [0.15, 0.2) is 41.3 Å². The average Bonchev–Trinajstić information content (AvgIpc) is 2.59. The second kappa shape index (κ2) is 8.23. The van der Waals surface area contributed by atoms with Crippen molar-refractivity contribution in [3.8, 4) is 5.75 Å². The summed E-state index contributed by atoms with van der Waals surface area (Å²) >= 11 is 0. The maximum atomic E-state index is 12.7. The molecule has 0 unspecified atom stereocenters. The summed E-state index contributed by atoms with van der Waals surface area (Å²) in [6, 6.07) is 9.76. The molecule has 0 aliphatic carbocycles. The third kappa shape index (κ3) is 4.76. The van der Waals surface area contributed by atoms with E-state index in [0.717, 1.165) is 11.1 Å². The lowest BCUT2D eigenvalue weighted by Gasteiger charge is -2.14. The molecular formula is C19H24N2O4S. The predicted molar refractivity (Wildman–Crippen MR) is 103 cm³/mol. The summed E-state index contributed by atoms with van der Waals surface area (Å²) in [6.45, 7) is 7.82. The number of rotatable bonds is 7. The van der Waals surface area contributed by atoms with Gasteiger partial charge in [-0.3, -0.25) is 9.52 Å². The monoisotopic (exact) mass is 376 g/mol. The van der Waals surface area contributed by atoms with Crippen molar-refractivity contribution in [1.29, 1.82) is 0 Å².